The zero-order valence-corrected chi connectivity index (χ0v) is 46.0. The van der Waals surface area contributed by atoms with Crippen LogP contribution in [0.4, 0.5) is 4.79 Å². The summed E-state index contributed by atoms with van der Waals surface area (Å²) in [6, 6.07) is 27.4. The molecule has 1 N–H and O–H groups in total. The first kappa shape index (κ1) is 55.1. The summed E-state index contributed by atoms with van der Waals surface area (Å²) in [5.74, 6) is -0.495. The van der Waals surface area contributed by atoms with Crippen molar-refractivity contribution >= 4 is 34.6 Å². The van der Waals surface area contributed by atoms with E-state index < -0.39 is 65.9 Å². The molecule has 4 aliphatic heterocycles. The molecule has 0 aromatic heterocycles. The van der Waals surface area contributed by atoms with Crippen molar-refractivity contribution in [2.24, 2.45) is 11.8 Å². The molecule has 10 atom stereocenters. The molecule has 4 aliphatic rings. The van der Waals surface area contributed by atoms with Crippen LogP contribution in [0.25, 0.3) is 0 Å². The average molecular weight is 1010 g/mol. The van der Waals surface area contributed by atoms with E-state index in [1.165, 1.54) is 0 Å². The van der Waals surface area contributed by atoms with Gasteiger partial charge in [-0.25, -0.2) is 13.2 Å². The molecule has 0 bridgehead atoms. The summed E-state index contributed by atoms with van der Waals surface area (Å²) in [5, 5.41) is 1.80. The van der Waals surface area contributed by atoms with Crippen LogP contribution in [0.5, 0.6) is 0 Å². The molecule has 4 saturated heterocycles. The first-order valence-electron chi connectivity index (χ1n) is 26.1. The largest absolute Gasteiger partial charge is 0.444 e. The molecule has 390 valence electrons. The topological polar surface area (TPSA) is 130 Å². The van der Waals surface area contributed by atoms with Crippen molar-refractivity contribution in [3.05, 3.63) is 115 Å². The number of rotatable bonds is 19. The third-order valence-electron chi connectivity index (χ3n) is 15.7. The normalized spacial score (nSPS) is 28.4. The Bertz CT molecular complexity index is 2350. The van der Waals surface area contributed by atoms with Crippen molar-refractivity contribution in [3.8, 4) is 0 Å². The Morgan fingerprint density at radius 3 is 2.04 bits per heavy atom. The maximum atomic E-state index is 14.2. The van der Waals surface area contributed by atoms with Crippen LogP contribution >= 0.6 is 0 Å². The van der Waals surface area contributed by atoms with Crippen LogP contribution in [0.15, 0.2) is 114 Å². The summed E-state index contributed by atoms with van der Waals surface area (Å²) >= 11 is 0. The van der Waals surface area contributed by atoms with Crippen molar-refractivity contribution in [2.75, 3.05) is 19.4 Å². The van der Waals surface area contributed by atoms with E-state index in [0.29, 0.717) is 19.4 Å². The summed E-state index contributed by atoms with van der Waals surface area (Å²) < 4.78 is 67.3. The predicted molar refractivity (Wildman–Crippen MR) is 283 cm³/mol. The van der Waals surface area contributed by atoms with Crippen LogP contribution < -0.4 is 10.4 Å². The Hall–Kier alpha value is -3.66. The SMILES string of the molecule is C=C1C(C[C@@H]2O[C@H](C[C@H]3CN(C(=O)OC(C)(C)C)C(C)(C)O3)[C@H](OC)[C@H]2CS(=O)(=O)c2ccc(C)cc2)O[C@@H](CC[C@@H]2O[C@@H](CCCCC(C)(C)[Si](O)(c3ccccc3)c3ccccc3)CC2=C)C[C@H]1C. The highest BCUT2D eigenvalue weighted by Crippen LogP contribution is 2.44. The number of benzene rings is 3. The molecule has 1 amide bonds. The van der Waals surface area contributed by atoms with Gasteiger partial charge in [-0.05, 0) is 125 Å². The minimum absolute atomic E-state index is 0.0423. The van der Waals surface area contributed by atoms with Gasteiger partial charge >= 0.3 is 6.09 Å². The molecule has 0 spiro atoms. The lowest BCUT2D eigenvalue weighted by Gasteiger charge is -2.41. The molecule has 1 unspecified atom stereocenters. The van der Waals surface area contributed by atoms with Crippen molar-refractivity contribution in [2.45, 2.75) is 197 Å². The fourth-order valence-corrected chi connectivity index (χ4v) is 17.1. The Morgan fingerprint density at radius 1 is 0.817 bits per heavy atom. The number of methoxy groups -OCH3 is 1. The fraction of sp³-hybridized carbons (Fsp3) is 0.603. The number of unbranched alkanes of at least 4 members (excludes halogenated alkanes) is 1. The molecular formula is C58H83NO10SSi. The van der Waals surface area contributed by atoms with E-state index in [-0.39, 0.29) is 46.0 Å². The zero-order valence-electron chi connectivity index (χ0n) is 44.2. The molecule has 13 heteroatoms. The molecule has 71 heavy (non-hydrogen) atoms. The summed E-state index contributed by atoms with van der Waals surface area (Å²) in [6.07, 6.45) is 5.17. The van der Waals surface area contributed by atoms with Gasteiger partial charge in [0.2, 0.25) is 0 Å². The van der Waals surface area contributed by atoms with Crippen molar-refractivity contribution < 1.29 is 46.4 Å². The Labute approximate surface area is 426 Å². The molecule has 3 aromatic carbocycles. The third-order valence-corrected chi connectivity index (χ3v) is 22.1. The maximum absolute atomic E-state index is 14.2. The lowest BCUT2D eigenvalue weighted by molar-refractivity contribution is -0.0992. The highest BCUT2D eigenvalue weighted by Gasteiger charge is 2.53. The van der Waals surface area contributed by atoms with Gasteiger partial charge in [-0.1, -0.05) is 125 Å². The number of aryl methyl sites for hydroxylation is 1. The van der Waals surface area contributed by atoms with Gasteiger partial charge in [-0.2, -0.15) is 0 Å². The van der Waals surface area contributed by atoms with Crippen molar-refractivity contribution in [1.82, 2.24) is 4.90 Å². The average Bonchev–Trinajstić information content (AvgIpc) is 3.94. The molecular weight excluding hydrogens is 931 g/mol. The molecule has 4 heterocycles. The number of sulfone groups is 1. The van der Waals surface area contributed by atoms with Gasteiger partial charge in [-0.3, -0.25) is 4.90 Å². The van der Waals surface area contributed by atoms with E-state index in [4.69, 9.17) is 28.4 Å². The molecule has 7 rings (SSSR count). The van der Waals surface area contributed by atoms with Crippen LogP contribution in [0.1, 0.15) is 125 Å². The first-order chi connectivity index (χ1) is 33.4. The van der Waals surface area contributed by atoms with Gasteiger partial charge in [-0.15, -0.1) is 0 Å². The summed E-state index contributed by atoms with van der Waals surface area (Å²) in [5.41, 5.74) is 1.50. The molecule has 0 aliphatic carbocycles. The number of hydrogen-bond donors (Lipinski definition) is 1. The van der Waals surface area contributed by atoms with E-state index in [9.17, 15) is 18.0 Å². The molecule has 4 fully saturated rings. The summed E-state index contributed by atoms with van der Waals surface area (Å²) in [6.45, 7) is 27.1. The number of carbonyl (C=O) groups excluding carboxylic acids is 1. The Balaban J connectivity index is 0.971. The smallest absolute Gasteiger partial charge is 0.412 e. The fourth-order valence-electron chi connectivity index (χ4n) is 11.7. The second kappa shape index (κ2) is 22.4. The van der Waals surface area contributed by atoms with Gasteiger partial charge in [0.1, 0.15) is 11.3 Å². The van der Waals surface area contributed by atoms with E-state index in [1.54, 1.807) is 24.1 Å². The second-order valence-electron chi connectivity index (χ2n) is 23.1. The van der Waals surface area contributed by atoms with Crippen LogP contribution in [0, 0.1) is 18.8 Å². The van der Waals surface area contributed by atoms with E-state index >= 15 is 0 Å². The van der Waals surface area contributed by atoms with Gasteiger partial charge in [0, 0.05) is 25.9 Å². The lowest BCUT2D eigenvalue weighted by atomic mass is 9.83. The van der Waals surface area contributed by atoms with Crippen LogP contribution in [0.3, 0.4) is 0 Å². The number of carbonyl (C=O) groups is 1. The van der Waals surface area contributed by atoms with Crippen LogP contribution in [-0.2, 0) is 38.3 Å². The van der Waals surface area contributed by atoms with E-state index in [0.717, 1.165) is 78.4 Å². The molecule has 0 saturated carbocycles. The highest BCUT2D eigenvalue weighted by molar-refractivity contribution is 7.91. The highest BCUT2D eigenvalue weighted by atomic mass is 32.2. The van der Waals surface area contributed by atoms with Crippen molar-refractivity contribution in [3.63, 3.8) is 0 Å². The van der Waals surface area contributed by atoms with Crippen LogP contribution in [0.2, 0.25) is 5.04 Å². The van der Waals surface area contributed by atoms with Gasteiger partial charge in [0.15, 0.2) is 9.84 Å². The number of ether oxygens (including phenoxy) is 6. The second-order valence-corrected chi connectivity index (χ2v) is 29.1. The van der Waals surface area contributed by atoms with Gasteiger partial charge in [0.25, 0.3) is 8.32 Å². The van der Waals surface area contributed by atoms with Gasteiger partial charge in [0.05, 0.1) is 66.0 Å². The van der Waals surface area contributed by atoms with Gasteiger partial charge < -0.3 is 33.2 Å². The van der Waals surface area contributed by atoms with E-state index in [1.807, 2.05) is 90.1 Å². The Kier molecular flexibility index (Phi) is 17.4. The minimum Gasteiger partial charge on any atom is -0.444 e. The molecule has 3 aromatic rings. The number of nitrogens with zero attached hydrogens (tertiary/aromatic N) is 1. The monoisotopic (exact) mass is 1010 g/mol. The molecule has 0 radical (unpaired) electrons. The van der Waals surface area contributed by atoms with E-state index in [2.05, 4.69) is 58.2 Å². The first-order valence-corrected chi connectivity index (χ1v) is 29.7. The molecule has 11 nitrogen and oxygen atoms in total. The Morgan fingerprint density at radius 2 is 1.44 bits per heavy atom. The quantitative estimate of drug-likeness (QED) is 0.0704. The van der Waals surface area contributed by atoms with Crippen LogP contribution in [-0.4, -0.2) is 112 Å². The number of hydrogen-bond acceptors (Lipinski definition) is 10. The predicted octanol–water partition coefficient (Wildman–Crippen LogP) is 10.3. The third kappa shape index (κ3) is 13.0. The standard InChI is InChI=1S/C58H83NO10SSi/c1-39-26-29-46(30-27-39)70(61,62)38-49-52(67-53(54(49)64-12)35-45-37-59(58(10,11)68-45)55(60)69-56(5,6)7)36-51-42(4)40(2)33-44(66-51)28-31-50-41(3)34-43(65-50)21-19-20-32-57(8,9)71(63,47-22-15-13-16-23-47)48-24-17-14-18-25-48/h13-18,22-27,29-30,40,43-45,49-54,63H,3-4,19-21,28,31-38H2,1-2,5-12H3/t40-,43+,44+,45+,49+,50+,51?,52+,53-,54-/m1/s1. The number of amides is 1. The maximum Gasteiger partial charge on any atom is 0.412 e. The minimum atomic E-state index is -3.74. The zero-order chi connectivity index (χ0) is 51.5. The summed E-state index contributed by atoms with van der Waals surface area (Å²) in [7, 11) is -5.19. The lowest BCUT2D eigenvalue weighted by Crippen LogP contribution is -2.65. The van der Waals surface area contributed by atoms with Crippen molar-refractivity contribution in [1.29, 1.82) is 0 Å². The summed E-state index contributed by atoms with van der Waals surface area (Å²) in [4.78, 5) is 27.8.